The van der Waals surface area contributed by atoms with Crippen molar-refractivity contribution in [2.75, 3.05) is 0 Å². The van der Waals surface area contributed by atoms with Crippen LogP contribution in [0.1, 0.15) is 25.3 Å². The van der Waals surface area contributed by atoms with Crippen molar-refractivity contribution in [1.29, 1.82) is 0 Å². The van der Waals surface area contributed by atoms with E-state index in [1.165, 1.54) is 0 Å². The molecule has 0 aromatic heterocycles. The van der Waals surface area contributed by atoms with Crippen LogP contribution in [0.5, 0.6) is 5.75 Å². The summed E-state index contributed by atoms with van der Waals surface area (Å²) in [6.07, 6.45) is -2.30. The second-order valence-corrected chi connectivity index (χ2v) is 8.10. The minimum Gasteiger partial charge on any atom is -0.399 e. The van der Waals surface area contributed by atoms with Crippen molar-refractivity contribution in [2.24, 2.45) is 0 Å². The monoisotopic (exact) mass is 492 g/mol. The van der Waals surface area contributed by atoms with Gasteiger partial charge in [-0.1, -0.05) is 49.7 Å². The number of benzene rings is 4. The van der Waals surface area contributed by atoms with Gasteiger partial charge in [-0.25, -0.2) is 17.6 Å². The highest BCUT2D eigenvalue weighted by molar-refractivity contribution is 5.89. The SMILES string of the molecule is CCCCc1ccc(-c2cc(F)c(-c3ccc4c(F)c(OC(F)(F)F)c(F)cc4c3)c(F)c2)cc1. The summed E-state index contributed by atoms with van der Waals surface area (Å²) in [4.78, 5) is 0. The minimum atomic E-state index is -5.29. The maximum atomic E-state index is 15.0. The van der Waals surface area contributed by atoms with E-state index in [9.17, 15) is 22.0 Å². The Bertz CT molecular complexity index is 1350. The molecule has 0 radical (unpaired) electrons. The molecule has 0 saturated heterocycles. The maximum absolute atomic E-state index is 15.0. The van der Waals surface area contributed by atoms with Gasteiger partial charge in [-0.3, -0.25) is 0 Å². The molecule has 35 heavy (non-hydrogen) atoms. The molecular weight excluding hydrogens is 473 g/mol. The van der Waals surface area contributed by atoms with E-state index >= 15 is 8.78 Å². The van der Waals surface area contributed by atoms with Crippen LogP contribution in [0.25, 0.3) is 33.0 Å². The molecular formula is C27H19F7O. The zero-order chi connectivity index (χ0) is 25.3. The Kier molecular flexibility index (Phi) is 6.74. The lowest BCUT2D eigenvalue weighted by atomic mass is 9.96. The predicted octanol–water partition coefficient (Wildman–Crippen LogP) is 8.97. The Hall–Kier alpha value is -3.55. The van der Waals surface area contributed by atoms with Crippen LogP contribution in [-0.4, -0.2) is 6.36 Å². The third-order valence-electron chi connectivity index (χ3n) is 5.64. The molecule has 1 nitrogen and oxygen atoms in total. The van der Waals surface area contributed by atoms with E-state index < -0.39 is 46.3 Å². The first-order valence-corrected chi connectivity index (χ1v) is 10.8. The quantitative estimate of drug-likeness (QED) is 0.244. The Balaban J connectivity index is 1.71. The van der Waals surface area contributed by atoms with Gasteiger partial charge in [0.15, 0.2) is 11.6 Å². The van der Waals surface area contributed by atoms with Crippen LogP contribution in [0.3, 0.4) is 0 Å². The average Bonchev–Trinajstić information content (AvgIpc) is 2.79. The molecule has 4 aromatic rings. The number of fused-ring (bicyclic) bond motifs is 1. The summed E-state index contributed by atoms with van der Waals surface area (Å²) in [5.41, 5.74) is 1.60. The third-order valence-corrected chi connectivity index (χ3v) is 5.64. The Labute approximate surface area is 196 Å². The van der Waals surface area contributed by atoms with Crippen molar-refractivity contribution >= 4 is 10.8 Å². The Morgan fingerprint density at radius 2 is 1.34 bits per heavy atom. The first-order valence-electron chi connectivity index (χ1n) is 10.8. The van der Waals surface area contributed by atoms with Gasteiger partial charge in [0, 0.05) is 5.39 Å². The zero-order valence-electron chi connectivity index (χ0n) is 18.4. The lowest BCUT2D eigenvalue weighted by Gasteiger charge is -2.13. The normalized spacial score (nSPS) is 11.8. The predicted molar refractivity (Wildman–Crippen MR) is 120 cm³/mol. The molecule has 0 fully saturated rings. The van der Waals surface area contributed by atoms with Gasteiger partial charge in [-0.05, 0) is 64.7 Å². The van der Waals surface area contributed by atoms with Crippen LogP contribution in [0.4, 0.5) is 30.7 Å². The largest absolute Gasteiger partial charge is 0.573 e. The number of hydrogen-bond acceptors (Lipinski definition) is 1. The number of hydrogen-bond donors (Lipinski definition) is 0. The highest BCUT2D eigenvalue weighted by atomic mass is 19.4. The van der Waals surface area contributed by atoms with Crippen molar-refractivity contribution < 1.29 is 35.5 Å². The highest BCUT2D eigenvalue weighted by Crippen LogP contribution is 2.37. The fourth-order valence-electron chi connectivity index (χ4n) is 3.94. The molecule has 182 valence electrons. The van der Waals surface area contributed by atoms with Gasteiger partial charge < -0.3 is 4.74 Å². The van der Waals surface area contributed by atoms with Crippen LogP contribution in [0, 0.1) is 23.3 Å². The van der Waals surface area contributed by atoms with Crippen molar-refractivity contribution in [3.63, 3.8) is 0 Å². The van der Waals surface area contributed by atoms with Crippen molar-refractivity contribution in [3.05, 3.63) is 89.5 Å². The highest BCUT2D eigenvalue weighted by Gasteiger charge is 2.34. The summed E-state index contributed by atoms with van der Waals surface area (Å²) in [6.45, 7) is 2.09. The van der Waals surface area contributed by atoms with E-state index in [4.69, 9.17) is 0 Å². The Morgan fingerprint density at radius 3 is 1.94 bits per heavy atom. The molecule has 4 aromatic carbocycles. The van der Waals surface area contributed by atoms with Gasteiger partial charge in [-0.2, -0.15) is 0 Å². The molecule has 0 aliphatic carbocycles. The summed E-state index contributed by atoms with van der Waals surface area (Å²) in [5.74, 6) is -6.55. The summed E-state index contributed by atoms with van der Waals surface area (Å²) < 4.78 is 99.4. The van der Waals surface area contributed by atoms with E-state index in [0.717, 1.165) is 55.2 Å². The number of halogens is 7. The molecule has 0 atom stereocenters. The molecule has 0 aliphatic rings. The van der Waals surface area contributed by atoms with Crippen LogP contribution in [0.2, 0.25) is 0 Å². The van der Waals surface area contributed by atoms with E-state index in [2.05, 4.69) is 11.7 Å². The third kappa shape index (κ3) is 5.26. The van der Waals surface area contributed by atoms with Crippen molar-refractivity contribution in [1.82, 2.24) is 0 Å². The molecule has 0 spiro atoms. The second kappa shape index (κ2) is 9.60. The molecule has 8 heteroatoms. The van der Waals surface area contributed by atoms with Gasteiger partial charge in [0.05, 0.1) is 5.56 Å². The van der Waals surface area contributed by atoms with Gasteiger partial charge in [0.25, 0.3) is 0 Å². The first-order chi connectivity index (χ1) is 16.6. The number of unbranched alkanes of at least 4 members (excludes halogenated alkanes) is 1. The molecule has 4 rings (SSSR count). The standard InChI is InChI=1S/C27H19F7O/c1-2-3-4-15-5-7-16(8-6-15)18-12-21(28)24(22(29)13-18)17-9-10-20-19(11-17)14-23(30)26(25(20)31)35-27(32,33)34/h5-14H,2-4H2,1H3. The van der Waals surface area contributed by atoms with Gasteiger partial charge in [0.2, 0.25) is 5.75 Å². The lowest BCUT2D eigenvalue weighted by Crippen LogP contribution is -2.19. The first kappa shape index (κ1) is 24.6. The summed E-state index contributed by atoms with van der Waals surface area (Å²) in [6, 6.07) is 13.6. The van der Waals surface area contributed by atoms with Crippen LogP contribution < -0.4 is 4.74 Å². The average molecular weight is 492 g/mol. The fraction of sp³-hybridized carbons (Fsp3) is 0.185. The molecule has 0 unspecified atom stereocenters. The van der Waals surface area contributed by atoms with Crippen LogP contribution in [-0.2, 0) is 6.42 Å². The van der Waals surface area contributed by atoms with Crippen molar-refractivity contribution in [2.45, 2.75) is 32.5 Å². The van der Waals surface area contributed by atoms with E-state index in [1.54, 1.807) is 12.1 Å². The van der Waals surface area contributed by atoms with Gasteiger partial charge >= 0.3 is 6.36 Å². The number of rotatable bonds is 6. The van der Waals surface area contributed by atoms with Crippen LogP contribution >= 0.6 is 0 Å². The minimum absolute atomic E-state index is 0.0303. The maximum Gasteiger partial charge on any atom is 0.573 e. The summed E-state index contributed by atoms with van der Waals surface area (Å²) in [7, 11) is 0. The molecule has 0 N–H and O–H groups in total. The van der Waals surface area contributed by atoms with Crippen molar-refractivity contribution in [3.8, 4) is 28.0 Å². The number of ether oxygens (including phenoxy) is 1. The molecule has 0 aliphatic heterocycles. The van der Waals surface area contributed by atoms with Gasteiger partial charge in [0.1, 0.15) is 11.6 Å². The van der Waals surface area contributed by atoms with E-state index in [-0.39, 0.29) is 10.9 Å². The molecule has 0 saturated carbocycles. The van der Waals surface area contributed by atoms with E-state index in [1.807, 2.05) is 12.1 Å². The number of alkyl halides is 3. The molecule has 0 heterocycles. The topological polar surface area (TPSA) is 9.23 Å². The second-order valence-electron chi connectivity index (χ2n) is 8.10. The summed E-state index contributed by atoms with van der Waals surface area (Å²) >= 11 is 0. The number of aryl methyl sites for hydroxylation is 1. The smallest absolute Gasteiger partial charge is 0.399 e. The molecule has 0 bridgehead atoms. The molecule has 0 amide bonds. The fourth-order valence-corrected chi connectivity index (χ4v) is 3.94. The Morgan fingerprint density at radius 1 is 0.714 bits per heavy atom. The lowest BCUT2D eigenvalue weighted by molar-refractivity contribution is -0.276. The van der Waals surface area contributed by atoms with Crippen LogP contribution in [0.15, 0.2) is 60.7 Å². The zero-order valence-corrected chi connectivity index (χ0v) is 18.4. The van der Waals surface area contributed by atoms with Gasteiger partial charge in [-0.15, -0.1) is 13.2 Å². The van der Waals surface area contributed by atoms with E-state index in [0.29, 0.717) is 17.2 Å². The summed E-state index contributed by atoms with van der Waals surface area (Å²) in [5, 5.41) is -0.576.